The van der Waals surface area contributed by atoms with Crippen molar-refractivity contribution in [1.29, 1.82) is 0 Å². The number of aliphatic carboxylic acids is 1. The summed E-state index contributed by atoms with van der Waals surface area (Å²) < 4.78 is 1.06. The fourth-order valence-corrected chi connectivity index (χ4v) is 2.17. The minimum Gasteiger partial charge on any atom is -0.478 e. The van der Waals surface area contributed by atoms with E-state index in [1.54, 1.807) is 6.07 Å². The van der Waals surface area contributed by atoms with Crippen LogP contribution in [0.15, 0.2) is 11.6 Å². The van der Waals surface area contributed by atoms with Crippen LogP contribution in [0.4, 0.5) is 0 Å². The van der Waals surface area contributed by atoms with Crippen molar-refractivity contribution in [2.75, 3.05) is 0 Å². The monoisotopic (exact) mass is 236 g/mol. The molecule has 0 radical (unpaired) electrons. The van der Waals surface area contributed by atoms with Gasteiger partial charge in [0.2, 0.25) is 0 Å². The molecule has 0 spiro atoms. The first kappa shape index (κ1) is 10.6. The van der Waals surface area contributed by atoms with Gasteiger partial charge in [0, 0.05) is 11.1 Å². The van der Waals surface area contributed by atoms with Crippen LogP contribution < -0.4 is 0 Å². The Hall–Kier alpha value is -0.510. The van der Waals surface area contributed by atoms with Crippen LogP contribution in [-0.4, -0.2) is 11.1 Å². The molecule has 13 heavy (non-hydrogen) atoms. The fourth-order valence-electron chi connectivity index (χ4n) is 0.746. The largest absolute Gasteiger partial charge is 0.478 e. The van der Waals surface area contributed by atoms with Crippen molar-refractivity contribution >= 4 is 46.6 Å². The second-order valence-corrected chi connectivity index (χ2v) is 4.70. The molecule has 2 nitrogen and oxygen atoms in total. The molecule has 0 fully saturated rings. The van der Waals surface area contributed by atoms with Gasteiger partial charge in [0.25, 0.3) is 0 Å². The molecule has 0 atom stereocenters. The Morgan fingerprint density at radius 1 is 1.62 bits per heavy atom. The topological polar surface area (TPSA) is 37.3 Å². The standard InChI is InChI=1S/C8H6Cl2O2S/c1-4(8(11)12)2-5-3-6(9)13-7(5)10/h2-3H,1H3,(H,11,12)/b4-2+. The molecular formula is C8H6Cl2O2S. The molecule has 1 rings (SSSR count). The summed E-state index contributed by atoms with van der Waals surface area (Å²) in [7, 11) is 0. The summed E-state index contributed by atoms with van der Waals surface area (Å²) in [4.78, 5) is 10.5. The van der Waals surface area contributed by atoms with Gasteiger partial charge in [-0.15, -0.1) is 11.3 Å². The molecule has 1 aromatic heterocycles. The van der Waals surface area contributed by atoms with E-state index in [1.165, 1.54) is 24.3 Å². The van der Waals surface area contributed by atoms with Crippen molar-refractivity contribution in [3.8, 4) is 0 Å². The maximum absolute atomic E-state index is 10.5. The third-order valence-electron chi connectivity index (χ3n) is 1.39. The van der Waals surface area contributed by atoms with Crippen LogP contribution in [0, 0.1) is 0 Å². The van der Waals surface area contributed by atoms with Crippen LogP contribution >= 0.6 is 34.5 Å². The zero-order valence-corrected chi connectivity index (χ0v) is 9.00. The van der Waals surface area contributed by atoms with Crippen LogP contribution in [0.25, 0.3) is 6.08 Å². The van der Waals surface area contributed by atoms with Crippen molar-refractivity contribution in [1.82, 2.24) is 0 Å². The number of carboxylic acid groups (broad SMARTS) is 1. The summed E-state index contributed by atoms with van der Waals surface area (Å²) in [5.74, 6) is -0.960. The number of carboxylic acids is 1. The SMILES string of the molecule is C/C(=C\c1cc(Cl)sc1Cl)C(=O)O. The van der Waals surface area contributed by atoms with E-state index in [0.717, 1.165) is 0 Å². The molecule has 70 valence electrons. The highest BCUT2D eigenvalue weighted by molar-refractivity contribution is 7.20. The maximum atomic E-state index is 10.5. The molecule has 0 saturated heterocycles. The highest BCUT2D eigenvalue weighted by Crippen LogP contribution is 2.32. The lowest BCUT2D eigenvalue weighted by Crippen LogP contribution is -1.94. The first-order valence-corrected chi connectivity index (χ1v) is 4.94. The Morgan fingerprint density at radius 3 is 2.62 bits per heavy atom. The average Bonchev–Trinajstić information content (AvgIpc) is 2.30. The normalized spacial score (nSPS) is 11.8. The Kier molecular flexibility index (Phi) is 3.36. The van der Waals surface area contributed by atoms with Gasteiger partial charge in [0.1, 0.15) is 4.34 Å². The number of thiophene rings is 1. The van der Waals surface area contributed by atoms with Gasteiger partial charge in [-0.1, -0.05) is 23.2 Å². The molecular weight excluding hydrogens is 231 g/mol. The number of hydrogen-bond acceptors (Lipinski definition) is 2. The predicted octanol–water partition coefficient (Wildman–Crippen LogP) is 3.54. The number of halogens is 2. The maximum Gasteiger partial charge on any atom is 0.331 e. The van der Waals surface area contributed by atoms with Crippen molar-refractivity contribution in [3.63, 3.8) is 0 Å². The first-order chi connectivity index (χ1) is 6.00. The van der Waals surface area contributed by atoms with Crippen molar-refractivity contribution in [2.24, 2.45) is 0 Å². The van der Waals surface area contributed by atoms with Gasteiger partial charge in [0.15, 0.2) is 0 Å². The molecule has 1 aromatic rings. The van der Waals surface area contributed by atoms with Crippen LogP contribution in [0.1, 0.15) is 12.5 Å². The second-order valence-electron chi connectivity index (χ2n) is 2.41. The minimum atomic E-state index is -0.960. The van der Waals surface area contributed by atoms with E-state index in [4.69, 9.17) is 28.3 Å². The van der Waals surface area contributed by atoms with Gasteiger partial charge in [0.05, 0.1) is 4.34 Å². The van der Waals surface area contributed by atoms with Crippen molar-refractivity contribution in [3.05, 3.63) is 25.9 Å². The molecule has 1 N–H and O–H groups in total. The van der Waals surface area contributed by atoms with E-state index in [2.05, 4.69) is 0 Å². The summed E-state index contributed by atoms with van der Waals surface area (Å²) in [5, 5.41) is 8.60. The molecule has 0 aliphatic rings. The van der Waals surface area contributed by atoms with Crippen LogP contribution in [0.3, 0.4) is 0 Å². The predicted molar refractivity (Wildman–Crippen MR) is 55.6 cm³/mol. The van der Waals surface area contributed by atoms with Gasteiger partial charge < -0.3 is 5.11 Å². The third kappa shape index (κ3) is 2.72. The van der Waals surface area contributed by atoms with Gasteiger partial charge in [-0.3, -0.25) is 0 Å². The van der Waals surface area contributed by atoms with E-state index in [9.17, 15) is 4.79 Å². The lowest BCUT2D eigenvalue weighted by Gasteiger charge is -1.91. The summed E-state index contributed by atoms with van der Waals surface area (Å²) in [6, 6.07) is 1.64. The van der Waals surface area contributed by atoms with Crippen LogP contribution in [0.2, 0.25) is 8.67 Å². The Bertz CT molecular complexity index is 368. The van der Waals surface area contributed by atoms with E-state index in [1.807, 2.05) is 0 Å². The van der Waals surface area contributed by atoms with Gasteiger partial charge in [-0.05, 0) is 19.1 Å². The highest BCUT2D eigenvalue weighted by Gasteiger charge is 2.06. The highest BCUT2D eigenvalue weighted by atomic mass is 35.5. The third-order valence-corrected chi connectivity index (χ3v) is 2.91. The summed E-state index contributed by atoms with van der Waals surface area (Å²) in [5.41, 5.74) is 0.882. The fraction of sp³-hybridized carbons (Fsp3) is 0.125. The molecule has 0 aliphatic carbocycles. The zero-order valence-electron chi connectivity index (χ0n) is 6.67. The van der Waals surface area contributed by atoms with E-state index >= 15 is 0 Å². The Balaban J connectivity index is 3.03. The van der Waals surface area contributed by atoms with Crippen molar-refractivity contribution in [2.45, 2.75) is 6.92 Å². The molecule has 0 aromatic carbocycles. The molecule has 1 heterocycles. The van der Waals surface area contributed by atoms with Crippen molar-refractivity contribution < 1.29 is 9.90 Å². The summed E-state index contributed by atoms with van der Waals surface area (Å²) in [6.45, 7) is 1.50. The molecule has 0 unspecified atom stereocenters. The molecule has 0 amide bonds. The molecule has 0 aliphatic heterocycles. The van der Waals surface area contributed by atoms with E-state index < -0.39 is 5.97 Å². The second kappa shape index (κ2) is 4.13. The number of carbonyl (C=O) groups is 1. The smallest absolute Gasteiger partial charge is 0.331 e. The Morgan fingerprint density at radius 2 is 2.23 bits per heavy atom. The van der Waals surface area contributed by atoms with Gasteiger partial charge >= 0.3 is 5.97 Å². The van der Waals surface area contributed by atoms with Crippen LogP contribution in [-0.2, 0) is 4.79 Å². The quantitative estimate of drug-likeness (QED) is 0.798. The van der Waals surface area contributed by atoms with Crippen LogP contribution in [0.5, 0.6) is 0 Å². The Labute approximate surface area is 89.4 Å². The van der Waals surface area contributed by atoms with Gasteiger partial charge in [-0.25, -0.2) is 4.79 Å². The molecule has 0 bridgehead atoms. The minimum absolute atomic E-state index is 0.233. The van der Waals surface area contributed by atoms with Gasteiger partial charge in [-0.2, -0.15) is 0 Å². The zero-order chi connectivity index (χ0) is 10.0. The molecule has 5 heteroatoms. The summed E-state index contributed by atoms with van der Waals surface area (Å²) in [6.07, 6.45) is 1.49. The molecule has 0 saturated carbocycles. The van der Waals surface area contributed by atoms with E-state index in [0.29, 0.717) is 14.2 Å². The summed E-state index contributed by atoms with van der Waals surface area (Å²) >= 11 is 12.7. The van der Waals surface area contributed by atoms with E-state index in [-0.39, 0.29) is 5.57 Å². The number of hydrogen-bond donors (Lipinski definition) is 1. The lowest BCUT2D eigenvalue weighted by molar-refractivity contribution is -0.132. The lowest BCUT2D eigenvalue weighted by atomic mass is 10.2. The first-order valence-electron chi connectivity index (χ1n) is 3.37. The number of rotatable bonds is 2. The average molecular weight is 237 g/mol.